The maximum atomic E-state index is 13.2. The number of allylic oxidation sites excluding steroid dienone is 2. The summed E-state index contributed by atoms with van der Waals surface area (Å²) in [7, 11) is 0. The van der Waals surface area contributed by atoms with E-state index in [1.165, 1.54) is 12.1 Å². The molecule has 0 unspecified atom stereocenters. The van der Waals surface area contributed by atoms with E-state index in [0.717, 1.165) is 0 Å². The molecule has 0 saturated carbocycles. The summed E-state index contributed by atoms with van der Waals surface area (Å²) in [4.78, 5) is 8.47. The van der Waals surface area contributed by atoms with Crippen LogP contribution in [0.1, 0.15) is 12.6 Å². The second kappa shape index (κ2) is 7.17. The van der Waals surface area contributed by atoms with Gasteiger partial charge in [0, 0.05) is 15.5 Å². The van der Waals surface area contributed by atoms with Crippen LogP contribution in [0.2, 0.25) is 0 Å². The first-order chi connectivity index (χ1) is 10.5. The van der Waals surface area contributed by atoms with Crippen LogP contribution in [0.5, 0.6) is 0 Å². The predicted molar refractivity (Wildman–Crippen MR) is 91.1 cm³/mol. The fourth-order valence-corrected chi connectivity index (χ4v) is 2.39. The molecule has 5 nitrogen and oxygen atoms in total. The Labute approximate surface area is 141 Å². The third-order valence-corrected chi connectivity index (χ3v) is 3.52. The topological polar surface area (TPSA) is 80.0 Å². The van der Waals surface area contributed by atoms with Gasteiger partial charge in [-0.25, -0.2) is 9.37 Å². The minimum Gasteiger partial charge on any atom is -0.402 e. The number of hydrogen-bond acceptors (Lipinski definition) is 4. The molecule has 112 valence electrons. The Hall–Kier alpha value is -2.21. The van der Waals surface area contributed by atoms with Crippen molar-refractivity contribution < 1.29 is 4.39 Å². The lowest BCUT2D eigenvalue weighted by molar-refractivity contribution is 0.627. The van der Waals surface area contributed by atoms with E-state index in [1.807, 2.05) is 28.7 Å². The molecule has 22 heavy (non-hydrogen) atoms. The highest BCUT2D eigenvalue weighted by molar-refractivity contribution is 14.1. The Morgan fingerprint density at radius 1 is 1.59 bits per heavy atom. The van der Waals surface area contributed by atoms with Crippen LogP contribution in [0.3, 0.4) is 0 Å². The van der Waals surface area contributed by atoms with E-state index in [2.05, 4.69) is 9.98 Å². The van der Waals surface area contributed by atoms with E-state index in [0.29, 0.717) is 32.9 Å². The van der Waals surface area contributed by atoms with Crippen molar-refractivity contribution >= 4 is 34.0 Å². The van der Waals surface area contributed by atoms with Crippen LogP contribution in [0, 0.1) is 20.7 Å². The summed E-state index contributed by atoms with van der Waals surface area (Å²) >= 11 is 2.03. The average molecular weight is 409 g/mol. The molecule has 2 rings (SSSR count). The number of imidazole rings is 1. The molecule has 0 saturated heterocycles. The average Bonchev–Trinajstić information content (AvgIpc) is 2.89. The van der Waals surface area contributed by atoms with Gasteiger partial charge in [-0.1, -0.05) is 0 Å². The van der Waals surface area contributed by atoms with Gasteiger partial charge < -0.3 is 10.3 Å². The van der Waals surface area contributed by atoms with E-state index in [1.54, 1.807) is 36.2 Å². The van der Waals surface area contributed by atoms with Gasteiger partial charge in [-0.15, -0.1) is 0 Å². The molecule has 0 amide bonds. The second-order valence-corrected chi connectivity index (χ2v) is 5.79. The van der Waals surface area contributed by atoms with Crippen molar-refractivity contribution in [3.8, 4) is 6.07 Å². The van der Waals surface area contributed by atoms with Crippen molar-refractivity contribution in [2.24, 2.45) is 10.7 Å². The summed E-state index contributed by atoms with van der Waals surface area (Å²) in [6, 6.07) is 6.37. The maximum absolute atomic E-state index is 13.2. The van der Waals surface area contributed by atoms with Gasteiger partial charge in [0.15, 0.2) is 5.69 Å². The zero-order valence-electron chi connectivity index (χ0n) is 11.8. The molecule has 7 heteroatoms. The summed E-state index contributed by atoms with van der Waals surface area (Å²) in [5, 5.41) is 8.80. The van der Waals surface area contributed by atoms with E-state index in [9.17, 15) is 4.39 Å². The fraction of sp³-hybridized carbons (Fsp3) is 0.133. The minimum atomic E-state index is -0.302. The van der Waals surface area contributed by atoms with Crippen LogP contribution in [-0.4, -0.2) is 15.3 Å². The number of aliphatic imine (C=N–C) groups is 1. The molecule has 1 aromatic heterocycles. The minimum absolute atomic E-state index is 0.302. The summed E-state index contributed by atoms with van der Waals surface area (Å²) in [5.41, 5.74) is 8.03. The summed E-state index contributed by atoms with van der Waals surface area (Å²) < 4.78 is 15.6. The molecule has 0 fully saturated rings. The van der Waals surface area contributed by atoms with Crippen molar-refractivity contribution in [2.75, 3.05) is 0 Å². The van der Waals surface area contributed by atoms with E-state index in [4.69, 9.17) is 11.0 Å². The quantitative estimate of drug-likeness (QED) is 0.623. The lowest BCUT2D eigenvalue weighted by Crippen LogP contribution is -2.08. The number of rotatable bonds is 4. The molecule has 2 N–H and O–H groups in total. The number of nitriles is 1. The van der Waals surface area contributed by atoms with Crippen LogP contribution in [-0.2, 0) is 6.54 Å². The van der Waals surface area contributed by atoms with Gasteiger partial charge in [0.2, 0.25) is 0 Å². The van der Waals surface area contributed by atoms with Gasteiger partial charge in [-0.3, -0.25) is 4.99 Å². The molecule has 0 atom stereocenters. The number of nitrogens with zero attached hydrogens (tertiary/aromatic N) is 4. The first kappa shape index (κ1) is 16.2. The monoisotopic (exact) mass is 409 g/mol. The summed E-state index contributed by atoms with van der Waals surface area (Å²) in [6.07, 6.45) is 4.93. The Morgan fingerprint density at radius 3 is 2.95 bits per heavy atom. The molecular formula is C15H13FIN5. The first-order valence-electron chi connectivity index (χ1n) is 6.36. The van der Waals surface area contributed by atoms with Gasteiger partial charge in [0.05, 0.1) is 24.3 Å². The van der Waals surface area contributed by atoms with E-state index >= 15 is 0 Å². The molecule has 0 aliphatic rings. The molecule has 1 aromatic carbocycles. The van der Waals surface area contributed by atoms with Crippen LogP contribution in [0.4, 0.5) is 10.1 Å². The van der Waals surface area contributed by atoms with Crippen LogP contribution >= 0.6 is 22.6 Å². The lowest BCUT2D eigenvalue weighted by atomic mass is 10.2. The Kier molecular flexibility index (Phi) is 5.27. The number of nitrogens with two attached hydrogens (primary N) is 1. The molecular weight excluding hydrogens is 396 g/mol. The largest absolute Gasteiger partial charge is 0.402 e. The van der Waals surface area contributed by atoms with Gasteiger partial charge in [-0.05, 0) is 53.8 Å². The molecule has 0 bridgehead atoms. The summed E-state index contributed by atoms with van der Waals surface area (Å²) in [6.45, 7) is 2.18. The number of hydrogen-bond donors (Lipinski definition) is 1. The van der Waals surface area contributed by atoms with Crippen LogP contribution < -0.4 is 5.73 Å². The predicted octanol–water partition coefficient (Wildman–Crippen LogP) is 3.13. The van der Waals surface area contributed by atoms with Crippen molar-refractivity contribution in [1.29, 1.82) is 5.26 Å². The first-order valence-corrected chi connectivity index (χ1v) is 7.44. The number of halogens is 2. The highest BCUT2D eigenvalue weighted by Gasteiger charge is 2.05. The Bertz CT molecular complexity index is 781. The normalized spacial score (nSPS) is 12.3. The molecule has 2 aromatic rings. The zero-order chi connectivity index (χ0) is 16.1. The summed E-state index contributed by atoms with van der Waals surface area (Å²) in [5.74, 6) is -0.302. The Morgan fingerprint density at radius 2 is 2.36 bits per heavy atom. The molecule has 0 radical (unpaired) electrons. The van der Waals surface area contributed by atoms with Gasteiger partial charge in [-0.2, -0.15) is 5.26 Å². The lowest BCUT2D eigenvalue weighted by Gasteiger charge is -2.06. The Balaban J connectivity index is 2.35. The van der Waals surface area contributed by atoms with Crippen molar-refractivity contribution in [3.05, 3.63) is 57.6 Å². The van der Waals surface area contributed by atoms with Crippen LogP contribution in [0.25, 0.3) is 0 Å². The number of aromatic nitrogens is 2. The third-order valence-electron chi connectivity index (χ3n) is 2.66. The maximum Gasteiger partial charge on any atom is 0.158 e. The zero-order valence-corrected chi connectivity index (χ0v) is 14.0. The number of benzene rings is 1. The highest BCUT2D eigenvalue weighted by atomic mass is 127. The van der Waals surface area contributed by atoms with Crippen molar-refractivity contribution in [3.63, 3.8) is 0 Å². The third kappa shape index (κ3) is 4.39. The molecule has 0 aliphatic heterocycles. The van der Waals surface area contributed by atoms with E-state index in [-0.39, 0.29) is 5.82 Å². The van der Waals surface area contributed by atoms with Gasteiger partial charge in [0.25, 0.3) is 0 Å². The highest BCUT2D eigenvalue weighted by Crippen LogP contribution is 2.22. The van der Waals surface area contributed by atoms with Gasteiger partial charge >= 0.3 is 0 Å². The fourth-order valence-electron chi connectivity index (χ4n) is 1.79. The SMILES string of the molecule is CC(N)=CC(Cn1cnc(C#N)c1)=Nc1ccc(F)cc1I. The van der Waals surface area contributed by atoms with Gasteiger partial charge in [0.1, 0.15) is 11.9 Å². The second-order valence-electron chi connectivity index (χ2n) is 4.63. The van der Waals surface area contributed by atoms with Crippen molar-refractivity contribution in [1.82, 2.24) is 9.55 Å². The van der Waals surface area contributed by atoms with E-state index < -0.39 is 0 Å². The smallest absolute Gasteiger partial charge is 0.158 e. The molecule has 0 aliphatic carbocycles. The van der Waals surface area contributed by atoms with Crippen LogP contribution in [0.15, 0.2) is 47.5 Å². The molecule has 0 spiro atoms. The standard InChI is InChI=1S/C15H13FIN5/c1-10(19)4-12(7-22-8-13(6-18)20-9-22)21-15-3-2-11(16)5-14(15)17/h2-5,8-9H,7,19H2,1H3. The molecule has 1 heterocycles. The van der Waals surface area contributed by atoms with Crippen molar-refractivity contribution in [2.45, 2.75) is 13.5 Å².